The molecule has 0 saturated heterocycles. The maximum atomic E-state index is 4.04. The zero-order valence-electron chi connectivity index (χ0n) is 6.46. The number of fused-ring (bicyclic) bond motifs is 1. The minimum Gasteiger partial charge on any atom is -0.315 e. The summed E-state index contributed by atoms with van der Waals surface area (Å²) < 4.78 is 2.94. The van der Waals surface area contributed by atoms with Gasteiger partial charge in [-0.15, -0.1) is 22.6 Å². The first-order valence-corrected chi connectivity index (χ1v) is 4.45. The molecule has 0 fully saturated rings. The Morgan fingerprint density at radius 1 is 1.33 bits per heavy atom. The van der Waals surface area contributed by atoms with Crippen molar-refractivity contribution in [2.45, 2.75) is 13.0 Å². The van der Waals surface area contributed by atoms with E-state index in [9.17, 15) is 0 Å². The van der Waals surface area contributed by atoms with Gasteiger partial charge >= 0.3 is 0 Å². The molecule has 4 nitrogen and oxygen atoms in total. The van der Waals surface area contributed by atoms with E-state index in [-0.39, 0.29) is 12.4 Å². The molecule has 0 amide bonds. The first-order chi connectivity index (χ1) is 5.38. The summed E-state index contributed by atoms with van der Waals surface area (Å²) in [6, 6.07) is 0. The normalized spacial score (nSPS) is 16.1. The van der Waals surface area contributed by atoms with Crippen LogP contribution in [0.5, 0.6) is 0 Å². The number of nitrogens with zero attached hydrogens (tertiary/aromatic N) is 3. The van der Waals surface area contributed by atoms with Crippen molar-refractivity contribution in [3.05, 3.63) is 10.6 Å². The Balaban J connectivity index is 0.000000720. The maximum Gasteiger partial charge on any atom is 0.200 e. The molecule has 1 aliphatic rings. The molecule has 1 aliphatic heterocycles. The summed E-state index contributed by atoms with van der Waals surface area (Å²) in [5.74, 6) is 1.07. The van der Waals surface area contributed by atoms with Gasteiger partial charge in [-0.05, 0) is 15.9 Å². The lowest BCUT2D eigenvalue weighted by molar-refractivity contribution is 0.634. The van der Waals surface area contributed by atoms with Gasteiger partial charge in [0.15, 0.2) is 4.73 Å². The van der Waals surface area contributed by atoms with Crippen LogP contribution in [-0.4, -0.2) is 27.9 Å². The zero-order valence-corrected chi connectivity index (χ0v) is 8.86. The molecule has 0 aromatic carbocycles. The van der Waals surface area contributed by atoms with E-state index in [4.69, 9.17) is 0 Å². The van der Waals surface area contributed by atoms with Gasteiger partial charge in [-0.3, -0.25) is 0 Å². The fraction of sp³-hybridized carbons (Fsp3) is 0.667. The van der Waals surface area contributed by atoms with Crippen molar-refractivity contribution in [3.63, 3.8) is 0 Å². The highest BCUT2D eigenvalue weighted by molar-refractivity contribution is 9.10. The third-order valence-corrected chi connectivity index (χ3v) is 2.41. The lowest BCUT2D eigenvalue weighted by Crippen LogP contribution is -2.17. The van der Waals surface area contributed by atoms with E-state index in [2.05, 4.69) is 36.0 Å². The highest BCUT2D eigenvalue weighted by Crippen LogP contribution is 2.10. The second kappa shape index (κ2) is 4.20. The average molecular weight is 254 g/mol. The van der Waals surface area contributed by atoms with Crippen LogP contribution in [0, 0.1) is 0 Å². The maximum absolute atomic E-state index is 4.04. The van der Waals surface area contributed by atoms with E-state index >= 15 is 0 Å². The molecule has 2 heterocycles. The van der Waals surface area contributed by atoms with Gasteiger partial charge in [-0.1, -0.05) is 0 Å². The minimum absolute atomic E-state index is 0. The summed E-state index contributed by atoms with van der Waals surface area (Å²) >= 11 is 3.35. The van der Waals surface area contributed by atoms with Crippen molar-refractivity contribution in [2.24, 2.45) is 0 Å². The molecule has 0 aliphatic carbocycles. The first kappa shape index (κ1) is 9.95. The van der Waals surface area contributed by atoms with Crippen LogP contribution in [-0.2, 0) is 13.0 Å². The van der Waals surface area contributed by atoms with Crippen molar-refractivity contribution in [2.75, 3.05) is 13.1 Å². The number of hydrogen-bond acceptors (Lipinski definition) is 3. The van der Waals surface area contributed by atoms with Crippen LogP contribution in [0.2, 0.25) is 0 Å². The predicted molar refractivity (Wildman–Crippen MR) is 51.5 cm³/mol. The van der Waals surface area contributed by atoms with Crippen LogP contribution in [0.3, 0.4) is 0 Å². The lowest BCUT2D eigenvalue weighted by atomic mass is 10.4. The molecular weight excluding hydrogens is 243 g/mol. The van der Waals surface area contributed by atoms with Crippen LogP contribution in [0.1, 0.15) is 5.82 Å². The summed E-state index contributed by atoms with van der Waals surface area (Å²) in [6.45, 7) is 2.97. The molecule has 0 radical (unpaired) electrons. The highest BCUT2D eigenvalue weighted by atomic mass is 79.9. The largest absolute Gasteiger partial charge is 0.315 e. The van der Waals surface area contributed by atoms with Gasteiger partial charge in [0.1, 0.15) is 5.82 Å². The molecule has 68 valence electrons. The summed E-state index contributed by atoms with van der Waals surface area (Å²) in [4.78, 5) is 0. The average Bonchev–Trinajstić information content (AvgIpc) is 2.25. The Kier molecular flexibility index (Phi) is 3.49. The Morgan fingerprint density at radius 3 is 3.00 bits per heavy atom. The highest BCUT2D eigenvalue weighted by Gasteiger charge is 2.11. The monoisotopic (exact) mass is 252 g/mol. The van der Waals surface area contributed by atoms with Gasteiger partial charge in [0.2, 0.25) is 0 Å². The molecule has 1 aromatic rings. The lowest BCUT2D eigenvalue weighted by Gasteiger charge is -2.00. The number of rotatable bonds is 0. The molecule has 2 rings (SSSR count). The molecule has 12 heavy (non-hydrogen) atoms. The third-order valence-electron chi connectivity index (χ3n) is 1.82. The van der Waals surface area contributed by atoms with Crippen molar-refractivity contribution in [1.29, 1.82) is 0 Å². The molecular formula is C6H10BrClN4. The molecule has 0 bridgehead atoms. The van der Waals surface area contributed by atoms with E-state index in [1.54, 1.807) is 0 Å². The standard InChI is InChI=1S/C6H9BrN4.ClH/c7-6-10-9-5-1-2-8-3-4-11(5)6;/h8H,1-4H2;1H. The van der Waals surface area contributed by atoms with E-state index in [0.29, 0.717) is 0 Å². The summed E-state index contributed by atoms with van der Waals surface area (Å²) in [7, 11) is 0. The molecule has 6 heteroatoms. The molecule has 1 N–H and O–H groups in total. The molecule has 0 unspecified atom stereocenters. The molecule has 1 aromatic heterocycles. The second-order valence-corrected chi connectivity index (χ2v) is 3.25. The Morgan fingerprint density at radius 2 is 2.17 bits per heavy atom. The van der Waals surface area contributed by atoms with Crippen LogP contribution in [0.25, 0.3) is 0 Å². The second-order valence-electron chi connectivity index (χ2n) is 2.54. The number of halogens is 2. The van der Waals surface area contributed by atoms with Crippen LogP contribution in [0.4, 0.5) is 0 Å². The van der Waals surface area contributed by atoms with Gasteiger partial charge in [0, 0.05) is 26.1 Å². The van der Waals surface area contributed by atoms with Crippen LogP contribution >= 0.6 is 28.3 Å². The number of nitrogens with one attached hydrogen (secondary N) is 1. The van der Waals surface area contributed by atoms with Gasteiger partial charge in [0.25, 0.3) is 0 Å². The van der Waals surface area contributed by atoms with Crippen molar-refractivity contribution in [1.82, 2.24) is 20.1 Å². The smallest absolute Gasteiger partial charge is 0.200 e. The van der Waals surface area contributed by atoms with Gasteiger partial charge < -0.3 is 9.88 Å². The minimum atomic E-state index is 0. The SMILES string of the molecule is Brc1nnc2n1CCNCC2.Cl. The van der Waals surface area contributed by atoms with E-state index in [1.807, 2.05) is 0 Å². The van der Waals surface area contributed by atoms with Crippen molar-refractivity contribution < 1.29 is 0 Å². The Hall–Kier alpha value is -0.130. The van der Waals surface area contributed by atoms with Crippen LogP contribution in [0.15, 0.2) is 4.73 Å². The molecule has 0 atom stereocenters. The fourth-order valence-electron chi connectivity index (χ4n) is 1.24. The van der Waals surface area contributed by atoms with E-state index in [1.165, 1.54) is 0 Å². The van der Waals surface area contributed by atoms with Gasteiger partial charge in [0.05, 0.1) is 0 Å². The van der Waals surface area contributed by atoms with E-state index < -0.39 is 0 Å². The summed E-state index contributed by atoms with van der Waals surface area (Å²) in [5.41, 5.74) is 0. The van der Waals surface area contributed by atoms with Crippen molar-refractivity contribution in [3.8, 4) is 0 Å². The first-order valence-electron chi connectivity index (χ1n) is 3.66. The van der Waals surface area contributed by atoms with Crippen molar-refractivity contribution >= 4 is 28.3 Å². The predicted octanol–water partition coefficient (Wildman–Crippen LogP) is 0.608. The van der Waals surface area contributed by atoms with Crippen LogP contribution < -0.4 is 5.32 Å². The quantitative estimate of drug-likeness (QED) is 0.737. The topological polar surface area (TPSA) is 42.7 Å². The van der Waals surface area contributed by atoms with E-state index in [0.717, 1.165) is 36.6 Å². The Labute approximate surface area is 85.3 Å². The third kappa shape index (κ3) is 1.78. The molecule has 0 spiro atoms. The zero-order chi connectivity index (χ0) is 7.68. The van der Waals surface area contributed by atoms with Gasteiger partial charge in [-0.2, -0.15) is 0 Å². The summed E-state index contributed by atoms with van der Waals surface area (Å²) in [5, 5.41) is 11.3. The molecule has 0 saturated carbocycles. The summed E-state index contributed by atoms with van der Waals surface area (Å²) in [6.07, 6.45) is 0.971. The van der Waals surface area contributed by atoms with Gasteiger partial charge in [-0.25, -0.2) is 0 Å². The number of aromatic nitrogens is 3. The number of hydrogen-bond donors (Lipinski definition) is 1. The fourth-order valence-corrected chi connectivity index (χ4v) is 1.70. The Bertz CT molecular complexity index is 262.